The minimum atomic E-state index is -0.609. The summed E-state index contributed by atoms with van der Waals surface area (Å²) < 4.78 is 5.59. The number of aromatic nitrogens is 2. The summed E-state index contributed by atoms with van der Waals surface area (Å²) in [6.45, 7) is 6.50. The summed E-state index contributed by atoms with van der Waals surface area (Å²) in [5.41, 5.74) is 0.378. The number of hydrogen-bond acceptors (Lipinski definition) is 5. The summed E-state index contributed by atoms with van der Waals surface area (Å²) >= 11 is 1.38. The number of ether oxygens (including phenoxy) is 1. The molecule has 2 heterocycles. The third-order valence-corrected chi connectivity index (χ3v) is 5.07. The predicted molar refractivity (Wildman–Crippen MR) is 118 cm³/mol. The number of amides is 2. The van der Waals surface area contributed by atoms with Crippen molar-refractivity contribution in [1.29, 1.82) is 0 Å². The Labute approximate surface area is 180 Å². The molecule has 2 amide bonds. The highest BCUT2D eigenvalue weighted by Crippen LogP contribution is 2.18. The molecule has 0 unspecified atom stereocenters. The first-order valence-corrected chi connectivity index (χ1v) is 10.6. The molecule has 3 rings (SSSR count). The minimum absolute atomic E-state index is 0.141. The third-order valence-electron chi connectivity index (χ3n) is 4.22. The number of H-pyrrole nitrogens is 1. The Hall–Kier alpha value is -3.13. The molecule has 7 nitrogen and oxygen atoms in total. The lowest BCUT2D eigenvalue weighted by Crippen LogP contribution is -2.43. The van der Waals surface area contributed by atoms with Gasteiger partial charge in [0.05, 0.1) is 11.1 Å². The Morgan fingerprint density at radius 3 is 2.43 bits per heavy atom. The van der Waals surface area contributed by atoms with Crippen LogP contribution in [0, 0.1) is 0 Å². The molecule has 3 aromatic rings. The number of nitrogens with one attached hydrogen (secondary N) is 1. The van der Waals surface area contributed by atoms with Gasteiger partial charge in [0, 0.05) is 25.7 Å². The molecule has 0 aliphatic carbocycles. The number of nitrogens with zero attached hydrogens (tertiary/aromatic N) is 3. The monoisotopic (exact) mass is 426 g/mol. The van der Waals surface area contributed by atoms with Crippen molar-refractivity contribution in [3.05, 3.63) is 70.5 Å². The number of thiophene rings is 1. The fourth-order valence-electron chi connectivity index (χ4n) is 2.85. The van der Waals surface area contributed by atoms with E-state index >= 15 is 0 Å². The number of carbonyl (C=O) groups is 2. The van der Waals surface area contributed by atoms with Crippen LogP contribution in [0.5, 0.6) is 0 Å². The maximum atomic E-state index is 13.0. The van der Waals surface area contributed by atoms with Crippen LogP contribution < -0.4 is 4.90 Å². The van der Waals surface area contributed by atoms with Crippen molar-refractivity contribution in [2.75, 3.05) is 18.0 Å². The van der Waals surface area contributed by atoms with Crippen LogP contribution >= 0.6 is 11.3 Å². The van der Waals surface area contributed by atoms with Gasteiger partial charge in [-0.05, 0) is 37.8 Å². The van der Waals surface area contributed by atoms with Crippen molar-refractivity contribution in [2.45, 2.75) is 32.9 Å². The summed E-state index contributed by atoms with van der Waals surface area (Å²) in [7, 11) is 0. The first-order chi connectivity index (χ1) is 14.3. The second-order valence-electron chi connectivity index (χ2n) is 7.76. The molecule has 158 valence electrons. The highest BCUT2D eigenvalue weighted by molar-refractivity contribution is 7.12. The normalized spacial score (nSPS) is 11.2. The van der Waals surface area contributed by atoms with Crippen molar-refractivity contribution >= 4 is 29.2 Å². The van der Waals surface area contributed by atoms with Crippen molar-refractivity contribution < 1.29 is 14.3 Å². The Bertz CT molecular complexity index is 935. The first kappa shape index (κ1) is 21.6. The van der Waals surface area contributed by atoms with E-state index in [2.05, 4.69) is 10.2 Å². The summed E-state index contributed by atoms with van der Waals surface area (Å²) in [5.74, 6) is 0.440. The van der Waals surface area contributed by atoms with E-state index in [0.29, 0.717) is 30.3 Å². The Morgan fingerprint density at radius 2 is 1.83 bits per heavy atom. The van der Waals surface area contributed by atoms with Crippen LogP contribution in [0.25, 0.3) is 0 Å². The zero-order valence-electron chi connectivity index (χ0n) is 17.4. The number of anilines is 1. The Balaban J connectivity index is 1.78. The van der Waals surface area contributed by atoms with Crippen LogP contribution in [0.15, 0.2) is 60.1 Å². The third kappa shape index (κ3) is 5.93. The van der Waals surface area contributed by atoms with Crippen LogP contribution in [0.1, 0.15) is 36.0 Å². The van der Waals surface area contributed by atoms with E-state index in [0.717, 1.165) is 5.56 Å². The SMILES string of the molecule is CC(C)(C)OC(=O)N(CCN(C(=O)c1cccs1)c1ccn[nH]1)Cc1ccccc1. The molecular weight excluding hydrogens is 400 g/mol. The van der Waals surface area contributed by atoms with Gasteiger partial charge in [-0.1, -0.05) is 36.4 Å². The average Bonchev–Trinajstić information content (AvgIpc) is 3.40. The molecule has 8 heteroatoms. The summed E-state index contributed by atoms with van der Waals surface area (Å²) in [4.78, 5) is 29.7. The van der Waals surface area contributed by atoms with Gasteiger partial charge in [-0.15, -0.1) is 11.3 Å². The molecule has 1 aromatic carbocycles. The van der Waals surface area contributed by atoms with E-state index in [9.17, 15) is 9.59 Å². The van der Waals surface area contributed by atoms with Gasteiger partial charge in [0.15, 0.2) is 0 Å². The second kappa shape index (κ2) is 9.58. The molecule has 30 heavy (non-hydrogen) atoms. The maximum Gasteiger partial charge on any atom is 0.410 e. The van der Waals surface area contributed by atoms with E-state index < -0.39 is 11.7 Å². The zero-order chi connectivity index (χ0) is 21.6. The minimum Gasteiger partial charge on any atom is -0.444 e. The lowest BCUT2D eigenvalue weighted by atomic mass is 10.2. The van der Waals surface area contributed by atoms with E-state index in [-0.39, 0.29) is 5.91 Å². The standard InChI is InChI=1S/C22H26N4O3S/c1-22(2,3)29-21(28)25(16-17-8-5-4-6-9-17)13-14-26(19-11-12-23-24-19)20(27)18-10-7-15-30-18/h4-12,15H,13-14,16H2,1-3H3,(H,23,24). The van der Waals surface area contributed by atoms with E-state index in [1.54, 1.807) is 28.1 Å². The molecule has 0 atom stereocenters. The Morgan fingerprint density at radius 1 is 1.07 bits per heavy atom. The molecule has 1 N–H and O–H groups in total. The van der Waals surface area contributed by atoms with Crippen LogP contribution in [0.2, 0.25) is 0 Å². The maximum absolute atomic E-state index is 13.0. The lowest BCUT2D eigenvalue weighted by molar-refractivity contribution is 0.0237. The van der Waals surface area contributed by atoms with Crippen molar-refractivity contribution in [2.24, 2.45) is 0 Å². The number of aromatic amines is 1. The average molecular weight is 427 g/mol. The van der Waals surface area contributed by atoms with Crippen molar-refractivity contribution in [3.8, 4) is 0 Å². The van der Waals surface area contributed by atoms with Gasteiger partial charge in [-0.25, -0.2) is 4.79 Å². The van der Waals surface area contributed by atoms with Crippen molar-refractivity contribution in [1.82, 2.24) is 15.1 Å². The molecule has 0 bridgehead atoms. The van der Waals surface area contributed by atoms with Crippen LogP contribution in [-0.2, 0) is 11.3 Å². The smallest absolute Gasteiger partial charge is 0.410 e. The fourth-order valence-corrected chi connectivity index (χ4v) is 3.52. The zero-order valence-corrected chi connectivity index (χ0v) is 18.2. The molecule has 0 saturated heterocycles. The molecular formula is C22H26N4O3S. The summed E-state index contributed by atoms with van der Waals surface area (Å²) in [6, 6.07) is 15.1. The number of rotatable bonds is 7. The fraction of sp³-hybridized carbons (Fsp3) is 0.318. The molecule has 0 fully saturated rings. The van der Waals surface area contributed by atoms with Gasteiger partial charge >= 0.3 is 6.09 Å². The number of carbonyl (C=O) groups excluding carboxylic acids is 2. The number of benzene rings is 1. The predicted octanol–water partition coefficient (Wildman–Crippen LogP) is 4.56. The lowest BCUT2D eigenvalue weighted by Gasteiger charge is -2.29. The summed E-state index contributed by atoms with van der Waals surface area (Å²) in [6.07, 6.45) is 1.18. The molecule has 0 saturated carbocycles. The first-order valence-electron chi connectivity index (χ1n) is 9.70. The van der Waals surface area contributed by atoms with E-state index in [4.69, 9.17) is 4.74 Å². The van der Waals surface area contributed by atoms with E-state index in [1.807, 2.05) is 62.5 Å². The van der Waals surface area contributed by atoms with Crippen molar-refractivity contribution in [3.63, 3.8) is 0 Å². The van der Waals surface area contributed by atoms with Crippen LogP contribution in [0.4, 0.5) is 10.6 Å². The summed E-state index contributed by atoms with van der Waals surface area (Å²) in [5, 5.41) is 8.67. The largest absolute Gasteiger partial charge is 0.444 e. The quantitative estimate of drug-likeness (QED) is 0.601. The van der Waals surface area contributed by atoms with E-state index in [1.165, 1.54) is 11.3 Å². The Kier molecular flexibility index (Phi) is 6.89. The van der Waals surface area contributed by atoms with Gasteiger partial charge in [0.25, 0.3) is 5.91 Å². The number of hydrogen-bond donors (Lipinski definition) is 1. The van der Waals surface area contributed by atoms with Gasteiger partial charge in [0.1, 0.15) is 11.4 Å². The molecule has 2 aromatic heterocycles. The molecule has 0 spiro atoms. The van der Waals surface area contributed by atoms with Gasteiger partial charge in [-0.2, -0.15) is 5.10 Å². The molecule has 0 aliphatic heterocycles. The highest BCUT2D eigenvalue weighted by atomic mass is 32.1. The van der Waals surface area contributed by atoms with Gasteiger partial charge in [0.2, 0.25) is 0 Å². The van der Waals surface area contributed by atoms with Crippen LogP contribution in [-0.4, -0.2) is 45.8 Å². The van der Waals surface area contributed by atoms with Gasteiger partial charge in [-0.3, -0.25) is 14.8 Å². The van der Waals surface area contributed by atoms with Gasteiger partial charge < -0.3 is 9.64 Å². The van der Waals surface area contributed by atoms with Crippen LogP contribution in [0.3, 0.4) is 0 Å². The second-order valence-corrected chi connectivity index (χ2v) is 8.71. The highest BCUT2D eigenvalue weighted by Gasteiger charge is 2.25. The molecule has 0 aliphatic rings. The molecule has 0 radical (unpaired) electrons. The topological polar surface area (TPSA) is 78.5 Å².